The molecular weight excluding hydrogens is 279 g/mol. The van der Waals surface area contributed by atoms with Crippen molar-refractivity contribution < 1.29 is 13.2 Å². The number of aromatic nitrogens is 2. The molecular formula is C15H18F3N3. The Labute approximate surface area is 121 Å². The van der Waals surface area contributed by atoms with Gasteiger partial charge in [-0.1, -0.05) is 13.0 Å². The van der Waals surface area contributed by atoms with E-state index in [-0.39, 0.29) is 0 Å². The molecule has 114 valence electrons. The number of benzene rings is 1. The Kier molecular flexibility index (Phi) is 4.09. The largest absolute Gasteiger partial charge is 0.416 e. The van der Waals surface area contributed by atoms with Gasteiger partial charge < -0.3 is 5.73 Å². The molecule has 1 heterocycles. The van der Waals surface area contributed by atoms with Gasteiger partial charge in [-0.3, -0.25) is 4.68 Å². The minimum atomic E-state index is -4.34. The van der Waals surface area contributed by atoms with Crippen LogP contribution in [-0.4, -0.2) is 9.78 Å². The van der Waals surface area contributed by atoms with E-state index in [1.54, 1.807) is 18.7 Å². The smallest absolute Gasteiger partial charge is 0.319 e. The molecule has 0 radical (unpaired) electrons. The van der Waals surface area contributed by atoms with Gasteiger partial charge in [0, 0.05) is 7.05 Å². The molecule has 6 heteroatoms. The average Bonchev–Trinajstić information content (AvgIpc) is 2.78. The molecule has 2 rings (SSSR count). The van der Waals surface area contributed by atoms with Crippen LogP contribution in [0, 0.1) is 6.92 Å². The first-order valence-electron chi connectivity index (χ1n) is 6.70. The number of halogens is 3. The summed E-state index contributed by atoms with van der Waals surface area (Å²) in [6.07, 6.45) is -3.55. The van der Waals surface area contributed by atoms with Gasteiger partial charge >= 0.3 is 6.18 Å². The van der Waals surface area contributed by atoms with Crippen molar-refractivity contribution in [2.24, 2.45) is 12.8 Å². The van der Waals surface area contributed by atoms with Gasteiger partial charge in [-0.15, -0.1) is 0 Å². The second-order valence-electron chi connectivity index (χ2n) is 5.08. The van der Waals surface area contributed by atoms with Crippen LogP contribution >= 0.6 is 0 Å². The number of rotatable bonds is 3. The number of nitrogens with zero attached hydrogens (tertiary/aromatic N) is 2. The molecule has 0 aliphatic heterocycles. The van der Waals surface area contributed by atoms with Gasteiger partial charge in [0.05, 0.1) is 23.0 Å². The molecule has 2 N–H and O–H groups in total. The summed E-state index contributed by atoms with van der Waals surface area (Å²) >= 11 is 0. The minimum absolute atomic E-state index is 0.495. The summed E-state index contributed by atoms with van der Waals surface area (Å²) < 4.78 is 39.8. The zero-order valence-corrected chi connectivity index (χ0v) is 12.2. The fourth-order valence-electron chi connectivity index (χ4n) is 2.37. The van der Waals surface area contributed by atoms with Crippen molar-refractivity contribution in [1.82, 2.24) is 9.78 Å². The quantitative estimate of drug-likeness (QED) is 0.944. The minimum Gasteiger partial charge on any atom is -0.319 e. The lowest BCUT2D eigenvalue weighted by atomic mass is 9.97. The molecule has 0 aliphatic rings. The van der Waals surface area contributed by atoms with E-state index in [0.29, 0.717) is 11.1 Å². The molecule has 0 saturated carbocycles. The van der Waals surface area contributed by atoms with E-state index in [2.05, 4.69) is 5.10 Å². The summed E-state index contributed by atoms with van der Waals surface area (Å²) in [6.45, 7) is 3.63. The highest BCUT2D eigenvalue weighted by atomic mass is 19.4. The van der Waals surface area contributed by atoms with Crippen LogP contribution in [0.4, 0.5) is 13.2 Å². The molecule has 0 spiro atoms. The average molecular weight is 297 g/mol. The molecule has 1 atom stereocenters. The lowest BCUT2D eigenvalue weighted by Crippen LogP contribution is -2.17. The zero-order valence-electron chi connectivity index (χ0n) is 12.2. The van der Waals surface area contributed by atoms with Crippen molar-refractivity contribution in [3.8, 4) is 0 Å². The first-order chi connectivity index (χ1) is 9.74. The Bertz CT molecular complexity index is 644. The van der Waals surface area contributed by atoms with E-state index in [1.807, 2.05) is 13.0 Å². The van der Waals surface area contributed by atoms with Crippen LogP contribution in [0.1, 0.15) is 41.0 Å². The van der Waals surface area contributed by atoms with Crippen LogP contribution in [0.2, 0.25) is 0 Å². The first kappa shape index (κ1) is 15.6. The molecule has 21 heavy (non-hydrogen) atoms. The Balaban J connectivity index is 2.39. The van der Waals surface area contributed by atoms with Crippen molar-refractivity contribution in [2.45, 2.75) is 32.5 Å². The van der Waals surface area contributed by atoms with E-state index < -0.39 is 17.8 Å². The van der Waals surface area contributed by atoms with Gasteiger partial charge in [-0.25, -0.2) is 0 Å². The molecule has 1 aromatic carbocycles. The standard InChI is InChI=1S/C15H18F3N3/c1-4-11-8-13(21(3)20-11)14(19)12-6-5-10(7-9(12)2)15(16,17)18/h5-8,14H,4,19H2,1-3H3. The van der Waals surface area contributed by atoms with Crippen molar-refractivity contribution in [3.63, 3.8) is 0 Å². The second-order valence-corrected chi connectivity index (χ2v) is 5.08. The molecule has 0 amide bonds. The van der Waals surface area contributed by atoms with Gasteiger partial charge in [0.1, 0.15) is 0 Å². The van der Waals surface area contributed by atoms with Gasteiger partial charge in [-0.05, 0) is 42.7 Å². The molecule has 1 aromatic heterocycles. The summed E-state index contributed by atoms with van der Waals surface area (Å²) in [6, 6.07) is 5.04. The summed E-state index contributed by atoms with van der Waals surface area (Å²) in [7, 11) is 1.79. The predicted octanol–water partition coefficient (Wildman–Crippen LogP) is 3.36. The number of alkyl halides is 3. The van der Waals surface area contributed by atoms with Crippen LogP contribution in [0.15, 0.2) is 24.3 Å². The second kappa shape index (κ2) is 5.52. The van der Waals surface area contributed by atoms with Crippen LogP contribution < -0.4 is 5.73 Å². The lowest BCUT2D eigenvalue weighted by molar-refractivity contribution is -0.137. The molecule has 0 fully saturated rings. The molecule has 1 unspecified atom stereocenters. The number of nitrogens with two attached hydrogens (primary N) is 1. The highest BCUT2D eigenvalue weighted by Gasteiger charge is 2.31. The van der Waals surface area contributed by atoms with E-state index in [4.69, 9.17) is 5.73 Å². The van der Waals surface area contributed by atoms with E-state index in [1.165, 1.54) is 6.07 Å². The summed E-state index contributed by atoms with van der Waals surface area (Å²) in [4.78, 5) is 0. The maximum atomic E-state index is 12.7. The van der Waals surface area contributed by atoms with Gasteiger partial charge in [0.15, 0.2) is 0 Å². The normalized spacial score (nSPS) is 13.5. The Morgan fingerprint density at radius 1 is 1.29 bits per heavy atom. The fourth-order valence-corrected chi connectivity index (χ4v) is 2.37. The Morgan fingerprint density at radius 3 is 2.43 bits per heavy atom. The van der Waals surface area contributed by atoms with Crippen LogP contribution in [0.25, 0.3) is 0 Å². The maximum absolute atomic E-state index is 12.7. The maximum Gasteiger partial charge on any atom is 0.416 e. The number of hydrogen-bond acceptors (Lipinski definition) is 2. The van der Waals surface area contributed by atoms with Crippen molar-refractivity contribution >= 4 is 0 Å². The molecule has 0 saturated heterocycles. The highest BCUT2D eigenvalue weighted by molar-refractivity contribution is 5.38. The third kappa shape index (κ3) is 3.10. The van der Waals surface area contributed by atoms with E-state index in [0.717, 1.165) is 29.9 Å². The van der Waals surface area contributed by atoms with Crippen molar-refractivity contribution in [3.05, 3.63) is 52.3 Å². The van der Waals surface area contributed by atoms with Crippen LogP contribution in [0.5, 0.6) is 0 Å². The summed E-state index contributed by atoms with van der Waals surface area (Å²) in [5.41, 5.74) is 8.44. The zero-order chi connectivity index (χ0) is 15.8. The predicted molar refractivity (Wildman–Crippen MR) is 74.8 cm³/mol. The van der Waals surface area contributed by atoms with Crippen molar-refractivity contribution in [2.75, 3.05) is 0 Å². The third-order valence-electron chi connectivity index (χ3n) is 3.58. The lowest BCUT2D eigenvalue weighted by Gasteiger charge is -2.17. The highest BCUT2D eigenvalue weighted by Crippen LogP contribution is 2.32. The van der Waals surface area contributed by atoms with E-state index in [9.17, 15) is 13.2 Å². The molecule has 0 aliphatic carbocycles. The van der Waals surface area contributed by atoms with Crippen molar-refractivity contribution in [1.29, 1.82) is 0 Å². The Hall–Kier alpha value is -1.82. The van der Waals surface area contributed by atoms with E-state index >= 15 is 0 Å². The van der Waals surface area contributed by atoms with Crippen LogP contribution in [-0.2, 0) is 19.6 Å². The van der Waals surface area contributed by atoms with Gasteiger partial charge in [-0.2, -0.15) is 18.3 Å². The van der Waals surface area contributed by atoms with Gasteiger partial charge in [0.2, 0.25) is 0 Å². The molecule has 0 bridgehead atoms. The SMILES string of the molecule is CCc1cc(C(N)c2ccc(C(F)(F)F)cc2C)n(C)n1. The topological polar surface area (TPSA) is 43.8 Å². The summed E-state index contributed by atoms with van der Waals surface area (Å²) in [5, 5.41) is 4.32. The molecule has 3 nitrogen and oxygen atoms in total. The monoisotopic (exact) mass is 297 g/mol. The third-order valence-corrected chi connectivity index (χ3v) is 3.58. The number of hydrogen-bond donors (Lipinski definition) is 1. The first-order valence-corrected chi connectivity index (χ1v) is 6.70. The van der Waals surface area contributed by atoms with Crippen LogP contribution in [0.3, 0.4) is 0 Å². The van der Waals surface area contributed by atoms with Gasteiger partial charge in [0.25, 0.3) is 0 Å². The fraction of sp³-hybridized carbons (Fsp3) is 0.400. The molecule has 2 aromatic rings. The number of aryl methyl sites for hydroxylation is 3. The summed E-state index contributed by atoms with van der Waals surface area (Å²) in [5.74, 6) is 0. The Morgan fingerprint density at radius 2 is 1.95 bits per heavy atom.